The molecule has 2 atom stereocenters. The van der Waals surface area contributed by atoms with Crippen LogP contribution in [0.1, 0.15) is 39.5 Å². The van der Waals surface area contributed by atoms with Crippen molar-refractivity contribution in [2.45, 2.75) is 51.1 Å². The van der Waals surface area contributed by atoms with Crippen molar-refractivity contribution in [2.75, 3.05) is 13.6 Å². The summed E-state index contributed by atoms with van der Waals surface area (Å²) >= 11 is 0. The lowest BCUT2D eigenvalue weighted by atomic mass is 9.73. The third-order valence-electron chi connectivity index (χ3n) is 3.91. The monoisotopic (exact) mass is 228 g/mol. The van der Waals surface area contributed by atoms with Crippen LogP contribution in [0.25, 0.3) is 0 Å². The van der Waals surface area contributed by atoms with Gasteiger partial charge in [0, 0.05) is 18.5 Å². The molecule has 1 aliphatic carbocycles. The van der Waals surface area contributed by atoms with Crippen molar-refractivity contribution < 1.29 is 9.90 Å². The molecule has 4 heteroatoms. The van der Waals surface area contributed by atoms with Gasteiger partial charge < -0.3 is 15.7 Å². The molecule has 0 radical (unpaired) electrons. The lowest BCUT2D eigenvalue weighted by Gasteiger charge is -2.40. The van der Waals surface area contributed by atoms with Gasteiger partial charge in [-0.25, -0.2) is 0 Å². The van der Waals surface area contributed by atoms with E-state index in [4.69, 9.17) is 5.73 Å². The maximum absolute atomic E-state index is 11.3. The Bertz CT molecular complexity index is 255. The van der Waals surface area contributed by atoms with Crippen LogP contribution in [0.2, 0.25) is 0 Å². The van der Waals surface area contributed by atoms with Crippen LogP contribution in [-0.4, -0.2) is 41.1 Å². The molecule has 0 bridgehead atoms. The average molecular weight is 228 g/mol. The molecular formula is C12H24N2O2. The summed E-state index contributed by atoms with van der Waals surface area (Å²) in [5.74, 6) is -0.763. The predicted octanol–water partition coefficient (Wildman–Crippen LogP) is 1.30. The minimum atomic E-state index is -1.01. The first-order valence-corrected chi connectivity index (χ1v) is 6.10. The number of carboxylic acid groups (broad SMARTS) is 1. The second-order valence-electron chi connectivity index (χ2n) is 5.32. The van der Waals surface area contributed by atoms with E-state index in [0.717, 1.165) is 25.8 Å². The van der Waals surface area contributed by atoms with Crippen molar-refractivity contribution in [1.29, 1.82) is 0 Å². The van der Waals surface area contributed by atoms with Crippen LogP contribution in [0.4, 0.5) is 0 Å². The normalized spacial score (nSPS) is 31.0. The molecule has 0 aromatic heterocycles. The first-order valence-electron chi connectivity index (χ1n) is 6.10. The summed E-state index contributed by atoms with van der Waals surface area (Å²) in [4.78, 5) is 13.5. The number of aliphatic carboxylic acids is 1. The third-order valence-corrected chi connectivity index (χ3v) is 3.91. The van der Waals surface area contributed by atoms with E-state index in [-0.39, 0.29) is 5.92 Å². The maximum Gasteiger partial charge on any atom is 0.324 e. The van der Waals surface area contributed by atoms with Gasteiger partial charge >= 0.3 is 5.97 Å². The lowest BCUT2D eigenvalue weighted by Crippen LogP contribution is -2.58. The molecule has 0 aromatic rings. The van der Waals surface area contributed by atoms with E-state index < -0.39 is 11.5 Å². The Morgan fingerprint density at radius 2 is 2.19 bits per heavy atom. The highest BCUT2D eigenvalue weighted by atomic mass is 16.4. The zero-order valence-corrected chi connectivity index (χ0v) is 10.6. The van der Waals surface area contributed by atoms with E-state index in [1.54, 1.807) is 0 Å². The summed E-state index contributed by atoms with van der Waals surface area (Å²) in [6, 6.07) is 0.431. The van der Waals surface area contributed by atoms with Gasteiger partial charge in [0.05, 0.1) is 0 Å². The Morgan fingerprint density at radius 1 is 1.56 bits per heavy atom. The number of carboxylic acids is 1. The van der Waals surface area contributed by atoms with Crippen molar-refractivity contribution in [2.24, 2.45) is 11.7 Å². The Labute approximate surface area is 97.8 Å². The highest BCUT2D eigenvalue weighted by Gasteiger charge is 2.44. The molecule has 0 heterocycles. The molecule has 0 unspecified atom stereocenters. The molecule has 3 N–H and O–H groups in total. The number of carbonyl (C=O) groups is 1. The molecular weight excluding hydrogens is 204 g/mol. The van der Waals surface area contributed by atoms with Gasteiger partial charge in [0.15, 0.2) is 0 Å². The van der Waals surface area contributed by atoms with Crippen LogP contribution in [0.5, 0.6) is 0 Å². The van der Waals surface area contributed by atoms with Crippen LogP contribution >= 0.6 is 0 Å². The number of nitrogens with zero attached hydrogens (tertiary/aromatic N) is 1. The van der Waals surface area contributed by atoms with Gasteiger partial charge in [-0.15, -0.1) is 0 Å². The predicted molar refractivity (Wildman–Crippen MR) is 64.3 cm³/mol. The van der Waals surface area contributed by atoms with Crippen LogP contribution in [-0.2, 0) is 4.79 Å². The van der Waals surface area contributed by atoms with Crippen molar-refractivity contribution in [3.05, 3.63) is 0 Å². The molecule has 0 aromatic carbocycles. The SMILES string of the molecule is CC(C)N(C)C[C@@H]1CCCC[C@]1(N)C(=O)O. The van der Waals surface area contributed by atoms with Crippen LogP contribution in [0.15, 0.2) is 0 Å². The van der Waals surface area contributed by atoms with Gasteiger partial charge in [0.2, 0.25) is 0 Å². The van der Waals surface area contributed by atoms with Gasteiger partial charge in [0.25, 0.3) is 0 Å². The van der Waals surface area contributed by atoms with E-state index in [1.165, 1.54) is 0 Å². The Morgan fingerprint density at radius 3 is 2.69 bits per heavy atom. The first-order chi connectivity index (χ1) is 7.38. The number of rotatable bonds is 4. The van der Waals surface area contributed by atoms with Gasteiger partial charge in [-0.05, 0) is 33.7 Å². The lowest BCUT2D eigenvalue weighted by molar-refractivity contribution is -0.147. The van der Waals surface area contributed by atoms with Crippen molar-refractivity contribution in [1.82, 2.24) is 4.90 Å². The molecule has 0 spiro atoms. The molecule has 1 saturated carbocycles. The van der Waals surface area contributed by atoms with Gasteiger partial charge in [-0.1, -0.05) is 12.8 Å². The minimum absolute atomic E-state index is 0.0751. The molecule has 1 aliphatic rings. The fourth-order valence-electron chi connectivity index (χ4n) is 2.36. The van der Waals surface area contributed by atoms with Gasteiger partial charge in [0.1, 0.15) is 5.54 Å². The number of nitrogens with two attached hydrogens (primary N) is 1. The highest BCUT2D eigenvalue weighted by Crippen LogP contribution is 2.32. The summed E-state index contributed by atoms with van der Waals surface area (Å²) in [5, 5.41) is 9.28. The largest absolute Gasteiger partial charge is 0.480 e. The van der Waals surface area contributed by atoms with E-state index in [1.807, 2.05) is 7.05 Å². The molecule has 0 aliphatic heterocycles. The Balaban J connectivity index is 2.71. The average Bonchev–Trinajstić information content (AvgIpc) is 2.21. The van der Waals surface area contributed by atoms with Gasteiger partial charge in [-0.3, -0.25) is 4.79 Å². The van der Waals surface area contributed by atoms with Crippen molar-refractivity contribution >= 4 is 5.97 Å². The zero-order valence-electron chi connectivity index (χ0n) is 10.6. The second-order valence-corrected chi connectivity index (χ2v) is 5.32. The van der Waals surface area contributed by atoms with E-state index in [9.17, 15) is 9.90 Å². The Kier molecular flexibility index (Phi) is 4.33. The summed E-state index contributed by atoms with van der Waals surface area (Å²) < 4.78 is 0. The van der Waals surface area contributed by atoms with Gasteiger partial charge in [-0.2, -0.15) is 0 Å². The van der Waals surface area contributed by atoms with E-state index in [0.29, 0.717) is 12.5 Å². The molecule has 1 rings (SSSR count). The third kappa shape index (κ3) is 2.74. The molecule has 4 nitrogen and oxygen atoms in total. The molecule has 0 saturated heterocycles. The minimum Gasteiger partial charge on any atom is -0.480 e. The molecule has 1 fully saturated rings. The molecule has 94 valence electrons. The van der Waals surface area contributed by atoms with Crippen LogP contribution < -0.4 is 5.73 Å². The zero-order chi connectivity index (χ0) is 12.3. The Hall–Kier alpha value is -0.610. The van der Waals surface area contributed by atoms with Crippen molar-refractivity contribution in [3.63, 3.8) is 0 Å². The first kappa shape index (κ1) is 13.5. The topological polar surface area (TPSA) is 66.6 Å². The summed E-state index contributed by atoms with van der Waals surface area (Å²) in [6.07, 6.45) is 3.58. The summed E-state index contributed by atoms with van der Waals surface area (Å²) in [7, 11) is 2.03. The quantitative estimate of drug-likeness (QED) is 0.761. The molecule has 16 heavy (non-hydrogen) atoms. The second kappa shape index (κ2) is 5.15. The van der Waals surface area contributed by atoms with Crippen LogP contribution in [0.3, 0.4) is 0 Å². The number of hydrogen-bond donors (Lipinski definition) is 2. The van der Waals surface area contributed by atoms with Crippen LogP contribution in [0, 0.1) is 5.92 Å². The van der Waals surface area contributed by atoms with E-state index >= 15 is 0 Å². The van der Waals surface area contributed by atoms with Crippen molar-refractivity contribution in [3.8, 4) is 0 Å². The van der Waals surface area contributed by atoms with E-state index in [2.05, 4.69) is 18.7 Å². The summed E-state index contributed by atoms with van der Waals surface area (Å²) in [6.45, 7) is 5.00. The fourth-order valence-corrected chi connectivity index (χ4v) is 2.36. The molecule has 0 amide bonds. The summed E-state index contributed by atoms with van der Waals surface area (Å²) in [5.41, 5.74) is 5.06. The number of hydrogen-bond acceptors (Lipinski definition) is 3. The standard InChI is InChI=1S/C12H24N2O2/c1-9(2)14(3)8-10-6-4-5-7-12(10,13)11(15)16/h9-10H,4-8,13H2,1-3H3,(H,15,16)/t10-,12+/m0/s1. The fraction of sp³-hybridized carbons (Fsp3) is 0.917. The highest BCUT2D eigenvalue weighted by molar-refractivity contribution is 5.79. The maximum atomic E-state index is 11.3. The smallest absolute Gasteiger partial charge is 0.324 e.